The van der Waals surface area contributed by atoms with E-state index in [9.17, 15) is 15.0 Å². The van der Waals surface area contributed by atoms with Crippen LogP contribution in [0, 0.1) is 0 Å². The number of amides is 1. The summed E-state index contributed by atoms with van der Waals surface area (Å²) in [6, 6.07) is 12.8. The molecule has 0 saturated carbocycles. The number of phenols is 1. The van der Waals surface area contributed by atoms with Gasteiger partial charge < -0.3 is 15.5 Å². The minimum absolute atomic E-state index is 0.0754. The van der Waals surface area contributed by atoms with Gasteiger partial charge >= 0.3 is 0 Å². The maximum Gasteiger partial charge on any atom is 0.224 e. The second kappa shape index (κ2) is 8.17. The van der Waals surface area contributed by atoms with Gasteiger partial charge in [-0.1, -0.05) is 30.3 Å². The summed E-state index contributed by atoms with van der Waals surface area (Å²) < 4.78 is 0. The number of aliphatic hydroxyl groups excluding tert-OH is 1. The fraction of sp³-hybridized carbons (Fsp3) is 0.381. The van der Waals surface area contributed by atoms with E-state index < -0.39 is 0 Å². The maximum absolute atomic E-state index is 12.3. The van der Waals surface area contributed by atoms with Crippen molar-refractivity contribution in [3.05, 3.63) is 64.7 Å². The van der Waals surface area contributed by atoms with Gasteiger partial charge in [0.1, 0.15) is 5.75 Å². The highest BCUT2D eigenvalue weighted by Gasteiger charge is 2.14. The van der Waals surface area contributed by atoms with E-state index in [1.807, 2.05) is 6.07 Å². The number of rotatable bonds is 6. The van der Waals surface area contributed by atoms with Gasteiger partial charge in [0.25, 0.3) is 0 Å². The molecule has 0 spiro atoms. The van der Waals surface area contributed by atoms with Crippen LogP contribution in [0.5, 0.6) is 5.75 Å². The topological polar surface area (TPSA) is 69.6 Å². The Kier molecular flexibility index (Phi) is 5.71. The normalized spacial score (nSPS) is 14.6. The molecule has 3 rings (SSSR count). The van der Waals surface area contributed by atoms with Crippen molar-refractivity contribution in [3.63, 3.8) is 0 Å². The number of hydrogen-bond acceptors (Lipinski definition) is 3. The predicted octanol–water partition coefficient (Wildman–Crippen LogP) is 2.53. The molecule has 1 aliphatic rings. The molecule has 2 aromatic rings. The van der Waals surface area contributed by atoms with Gasteiger partial charge in [0, 0.05) is 0 Å². The molecule has 1 aliphatic carbocycles. The SMILES string of the molecule is O=C(Cc1ccc2c(c1)CCCC2)N[C@H](CO)Cc1ccc(O)cc1. The smallest absolute Gasteiger partial charge is 0.224 e. The average molecular weight is 339 g/mol. The molecular weight excluding hydrogens is 314 g/mol. The standard InChI is InChI=1S/C21H25NO3/c23-14-19(12-15-6-9-20(24)10-7-15)22-21(25)13-16-5-8-17-3-1-2-4-18(17)11-16/h5-11,19,23-24H,1-4,12-14H2,(H,22,25)/t19-/m0/s1. The molecule has 2 aromatic carbocycles. The van der Waals surface area contributed by atoms with Crippen molar-refractivity contribution in [2.24, 2.45) is 0 Å². The molecule has 0 bridgehead atoms. The molecule has 0 aliphatic heterocycles. The fourth-order valence-corrected chi connectivity index (χ4v) is 3.44. The van der Waals surface area contributed by atoms with Crippen molar-refractivity contribution in [3.8, 4) is 5.75 Å². The molecule has 1 atom stereocenters. The van der Waals surface area contributed by atoms with Crippen molar-refractivity contribution >= 4 is 5.91 Å². The number of hydrogen-bond donors (Lipinski definition) is 3. The van der Waals surface area contributed by atoms with E-state index in [1.165, 1.54) is 24.0 Å². The molecule has 0 saturated heterocycles. The second-order valence-corrected chi connectivity index (χ2v) is 6.80. The number of carbonyl (C=O) groups is 1. The highest BCUT2D eigenvalue weighted by atomic mass is 16.3. The zero-order chi connectivity index (χ0) is 17.6. The van der Waals surface area contributed by atoms with Gasteiger partial charge in [-0.05, 0) is 66.5 Å². The Labute approximate surface area is 148 Å². The molecule has 25 heavy (non-hydrogen) atoms. The first-order valence-electron chi connectivity index (χ1n) is 8.93. The Morgan fingerprint density at radius 2 is 1.68 bits per heavy atom. The second-order valence-electron chi connectivity index (χ2n) is 6.80. The van der Waals surface area contributed by atoms with Gasteiger partial charge in [-0.3, -0.25) is 4.79 Å². The Morgan fingerprint density at radius 3 is 2.40 bits per heavy atom. The summed E-state index contributed by atoms with van der Waals surface area (Å²) in [5.74, 6) is 0.134. The number of aromatic hydroxyl groups is 1. The van der Waals surface area contributed by atoms with Crippen LogP contribution in [-0.4, -0.2) is 28.8 Å². The Morgan fingerprint density at radius 1 is 1.00 bits per heavy atom. The van der Waals surface area contributed by atoms with Gasteiger partial charge in [-0.15, -0.1) is 0 Å². The Balaban J connectivity index is 1.57. The fourth-order valence-electron chi connectivity index (χ4n) is 3.44. The third-order valence-corrected chi connectivity index (χ3v) is 4.78. The number of benzene rings is 2. The summed E-state index contributed by atoms with van der Waals surface area (Å²) in [7, 11) is 0. The van der Waals surface area contributed by atoms with Crippen molar-refractivity contribution in [1.82, 2.24) is 5.32 Å². The first kappa shape index (κ1) is 17.5. The minimum atomic E-state index is -0.324. The molecule has 0 heterocycles. The average Bonchev–Trinajstić information content (AvgIpc) is 2.63. The quantitative estimate of drug-likeness (QED) is 0.757. The van der Waals surface area contributed by atoms with Crippen LogP contribution in [0.25, 0.3) is 0 Å². The lowest BCUT2D eigenvalue weighted by atomic mass is 9.90. The zero-order valence-electron chi connectivity index (χ0n) is 14.4. The van der Waals surface area contributed by atoms with Crippen molar-refractivity contribution in [1.29, 1.82) is 0 Å². The third kappa shape index (κ3) is 4.83. The van der Waals surface area contributed by atoms with Gasteiger partial charge in [-0.25, -0.2) is 0 Å². The largest absolute Gasteiger partial charge is 0.508 e. The van der Waals surface area contributed by atoms with E-state index in [0.717, 1.165) is 24.0 Å². The summed E-state index contributed by atoms with van der Waals surface area (Å²) in [4.78, 5) is 12.3. The molecule has 0 radical (unpaired) electrons. The van der Waals surface area contributed by atoms with Gasteiger partial charge in [-0.2, -0.15) is 0 Å². The molecule has 1 amide bonds. The number of nitrogens with one attached hydrogen (secondary N) is 1. The first-order chi connectivity index (χ1) is 12.1. The lowest BCUT2D eigenvalue weighted by Crippen LogP contribution is -2.39. The number of aliphatic hydroxyl groups is 1. The maximum atomic E-state index is 12.3. The molecular formula is C21H25NO3. The lowest BCUT2D eigenvalue weighted by Gasteiger charge is -2.18. The van der Waals surface area contributed by atoms with E-state index in [0.29, 0.717) is 12.8 Å². The number of aryl methyl sites for hydroxylation is 2. The van der Waals surface area contributed by atoms with Crippen molar-refractivity contribution in [2.45, 2.75) is 44.6 Å². The number of fused-ring (bicyclic) bond motifs is 1. The summed E-state index contributed by atoms with van der Waals surface area (Å²) >= 11 is 0. The van der Waals surface area contributed by atoms with E-state index in [2.05, 4.69) is 17.4 Å². The van der Waals surface area contributed by atoms with Crippen LogP contribution in [0.4, 0.5) is 0 Å². The number of phenolic OH excluding ortho intramolecular Hbond substituents is 1. The molecule has 4 nitrogen and oxygen atoms in total. The summed E-state index contributed by atoms with van der Waals surface area (Å²) in [5, 5.41) is 21.8. The van der Waals surface area contributed by atoms with E-state index in [-0.39, 0.29) is 24.3 Å². The van der Waals surface area contributed by atoms with E-state index >= 15 is 0 Å². The van der Waals surface area contributed by atoms with Crippen LogP contribution < -0.4 is 5.32 Å². The van der Waals surface area contributed by atoms with E-state index in [4.69, 9.17) is 0 Å². The predicted molar refractivity (Wildman–Crippen MR) is 97.6 cm³/mol. The van der Waals surface area contributed by atoms with Crippen LogP contribution >= 0.6 is 0 Å². The van der Waals surface area contributed by atoms with Crippen LogP contribution in [0.2, 0.25) is 0 Å². The summed E-state index contributed by atoms with van der Waals surface area (Å²) in [5.41, 5.74) is 4.78. The first-order valence-corrected chi connectivity index (χ1v) is 8.93. The summed E-state index contributed by atoms with van der Waals surface area (Å²) in [6.45, 7) is -0.114. The molecule has 0 unspecified atom stereocenters. The van der Waals surface area contributed by atoms with Crippen molar-refractivity contribution in [2.75, 3.05) is 6.61 Å². The van der Waals surface area contributed by atoms with Crippen molar-refractivity contribution < 1.29 is 15.0 Å². The van der Waals surface area contributed by atoms with Crippen LogP contribution in [0.1, 0.15) is 35.1 Å². The monoisotopic (exact) mass is 339 g/mol. The lowest BCUT2D eigenvalue weighted by molar-refractivity contribution is -0.121. The van der Waals surface area contributed by atoms with E-state index in [1.54, 1.807) is 24.3 Å². The molecule has 0 fully saturated rings. The van der Waals surface area contributed by atoms with Crippen LogP contribution in [0.15, 0.2) is 42.5 Å². The molecule has 132 valence electrons. The van der Waals surface area contributed by atoms with Gasteiger partial charge in [0.2, 0.25) is 5.91 Å². The minimum Gasteiger partial charge on any atom is -0.508 e. The summed E-state index contributed by atoms with van der Waals surface area (Å²) in [6.07, 6.45) is 5.59. The molecule has 0 aromatic heterocycles. The highest BCUT2D eigenvalue weighted by molar-refractivity contribution is 5.79. The molecule has 4 heteroatoms. The Hall–Kier alpha value is -2.33. The Bertz CT molecular complexity index is 724. The van der Waals surface area contributed by atoms with Crippen LogP contribution in [-0.2, 0) is 30.5 Å². The third-order valence-electron chi connectivity index (χ3n) is 4.78. The zero-order valence-corrected chi connectivity index (χ0v) is 14.4. The highest BCUT2D eigenvalue weighted by Crippen LogP contribution is 2.22. The van der Waals surface area contributed by atoms with Crippen LogP contribution in [0.3, 0.4) is 0 Å². The number of carbonyl (C=O) groups excluding carboxylic acids is 1. The van der Waals surface area contributed by atoms with Gasteiger partial charge in [0.15, 0.2) is 0 Å². The molecule has 3 N–H and O–H groups in total. The van der Waals surface area contributed by atoms with Gasteiger partial charge in [0.05, 0.1) is 19.1 Å².